The number of carbonyl (C=O) groups is 2. The van der Waals surface area contributed by atoms with E-state index in [-0.39, 0.29) is 24.3 Å². The Morgan fingerprint density at radius 2 is 2.14 bits per heavy atom. The SMILES string of the molecule is COC(=O)c1cc(S(=O)(=O)N2CCC[C@H]2C(=O)O)oc1C. The van der Waals surface area contributed by atoms with Crippen LogP contribution in [0.2, 0.25) is 0 Å². The van der Waals surface area contributed by atoms with Gasteiger partial charge in [-0.1, -0.05) is 0 Å². The number of methoxy groups -OCH3 is 1. The number of hydrogen-bond donors (Lipinski definition) is 1. The second-order valence-corrected chi connectivity index (χ2v) is 6.46. The summed E-state index contributed by atoms with van der Waals surface area (Å²) in [5.41, 5.74) is 0.00199. The molecule has 0 aromatic carbocycles. The molecule has 0 aliphatic carbocycles. The van der Waals surface area contributed by atoms with Crippen molar-refractivity contribution in [1.29, 1.82) is 0 Å². The zero-order valence-electron chi connectivity index (χ0n) is 11.5. The second-order valence-electron chi connectivity index (χ2n) is 4.64. The Kier molecular flexibility index (Phi) is 4.06. The first kappa shape index (κ1) is 15.5. The van der Waals surface area contributed by atoms with Crippen molar-refractivity contribution in [2.75, 3.05) is 13.7 Å². The summed E-state index contributed by atoms with van der Waals surface area (Å²) in [7, 11) is -2.93. The average molecular weight is 317 g/mol. The van der Waals surface area contributed by atoms with E-state index in [0.29, 0.717) is 6.42 Å². The molecule has 21 heavy (non-hydrogen) atoms. The fraction of sp³-hybridized carbons (Fsp3) is 0.500. The van der Waals surface area contributed by atoms with Crippen LogP contribution in [-0.2, 0) is 19.6 Å². The van der Waals surface area contributed by atoms with Crippen molar-refractivity contribution < 1.29 is 32.3 Å². The third kappa shape index (κ3) is 2.66. The third-order valence-corrected chi connectivity index (χ3v) is 5.12. The van der Waals surface area contributed by atoms with E-state index in [2.05, 4.69) is 4.74 Å². The Hall–Kier alpha value is -1.87. The van der Waals surface area contributed by atoms with Crippen LogP contribution in [0.4, 0.5) is 0 Å². The number of rotatable bonds is 4. The number of furan rings is 1. The lowest BCUT2D eigenvalue weighted by molar-refractivity contribution is -0.140. The molecule has 9 heteroatoms. The van der Waals surface area contributed by atoms with Gasteiger partial charge in [-0.25, -0.2) is 13.2 Å². The van der Waals surface area contributed by atoms with Crippen LogP contribution in [0.1, 0.15) is 29.0 Å². The zero-order valence-corrected chi connectivity index (χ0v) is 12.3. The minimum atomic E-state index is -4.10. The molecule has 2 rings (SSSR count). The van der Waals surface area contributed by atoms with Gasteiger partial charge in [-0.15, -0.1) is 0 Å². The molecule has 0 radical (unpaired) electrons. The van der Waals surface area contributed by atoms with Gasteiger partial charge in [-0.2, -0.15) is 4.31 Å². The maximum atomic E-state index is 12.4. The van der Waals surface area contributed by atoms with Gasteiger partial charge in [-0.05, 0) is 19.8 Å². The number of aryl methyl sites for hydroxylation is 1. The van der Waals surface area contributed by atoms with Crippen molar-refractivity contribution in [1.82, 2.24) is 4.31 Å². The highest BCUT2D eigenvalue weighted by Gasteiger charge is 2.41. The van der Waals surface area contributed by atoms with Crippen LogP contribution in [0, 0.1) is 6.92 Å². The second kappa shape index (κ2) is 5.49. The van der Waals surface area contributed by atoms with Gasteiger partial charge in [-0.3, -0.25) is 4.79 Å². The lowest BCUT2D eigenvalue weighted by Gasteiger charge is -2.19. The molecule has 0 saturated carbocycles. The number of esters is 1. The summed E-state index contributed by atoms with van der Waals surface area (Å²) in [5.74, 6) is -1.81. The number of aliphatic carboxylic acids is 1. The van der Waals surface area contributed by atoms with Gasteiger partial charge in [0, 0.05) is 12.6 Å². The van der Waals surface area contributed by atoms with Gasteiger partial charge >= 0.3 is 11.9 Å². The number of nitrogens with zero attached hydrogens (tertiary/aromatic N) is 1. The zero-order chi connectivity index (χ0) is 15.8. The maximum Gasteiger partial charge on any atom is 0.341 e. The van der Waals surface area contributed by atoms with E-state index in [1.165, 1.54) is 14.0 Å². The summed E-state index contributed by atoms with van der Waals surface area (Å²) in [5, 5.41) is 8.62. The minimum Gasteiger partial charge on any atom is -0.480 e. The largest absolute Gasteiger partial charge is 0.480 e. The van der Waals surface area contributed by atoms with Gasteiger partial charge in [0.15, 0.2) is 0 Å². The molecule has 1 atom stereocenters. The summed E-state index contributed by atoms with van der Waals surface area (Å²) in [6, 6.07) is -0.0461. The van der Waals surface area contributed by atoms with Crippen LogP contribution < -0.4 is 0 Å². The third-order valence-electron chi connectivity index (χ3n) is 3.35. The lowest BCUT2D eigenvalue weighted by atomic mass is 10.2. The number of carboxylic acids is 1. The summed E-state index contributed by atoms with van der Waals surface area (Å²) in [6.07, 6.45) is 0.706. The fourth-order valence-electron chi connectivity index (χ4n) is 2.28. The molecule has 0 amide bonds. The molecule has 116 valence electrons. The van der Waals surface area contributed by atoms with Gasteiger partial charge in [0.1, 0.15) is 17.4 Å². The summed E-state index contributed by atoms with van der Waals surface area (Å²) >= 11 is 0. The lowest BCUT2D eigenvalue weighted by Crippen LogP contribution is -2.40. The smallest absolute Gasteiger partial charge is 0.341 e. The Morgan fingerprint density at radius 1 is 1.48 bits per heavy atom. The molecule has 0 bridgehead atoms. The van der Waals surface area contributed by atoms with E-state index in [0.717, 1.165) is 10.4 Å². The van der Waals surface area contributed by atoms with Gasteiger partial charge in [0.05, 0.1) is 7.11 Å². The summed E-state index contributed by atoms with van der Waals surface area (Å²) < 4.78 is 35.4. The van der Waals surface area contributed by atoms with E-state index in [9.17, 15) is 18.0 Å². The van der Waals surface area contributed by atoms with E-state index in [1.807, 2.05) is 0 Å². The highest BCUT2D eigenvalue weighted by molar-refractivity contribution is 7.89. The number of sulfonamides is 1. The van der Waals surface area contributed by atoms with Crippen LogP contribution >= 0.6 is 0 Å². The molecule has 1 N–H and O–H groups in total. The van der Waals surface area contributed by atoms with Crippen molar-refractivity contribution in [2.45, 2.75) is 30.9 Å². The van der Waals surface area contributed by atoms with Gasteiger partial charge < -0.3 is 14.3 Å². The minimum absolute atomic E-state index is 0.00199. The van der Waals surface area contributed by atoms with Crippen LogP contribution in [-0.4, -0.2) is 49.5 Å². The number of hydrogen-bond acceptors (Lipinski definition) is 6. The Morgan fingerprint density at radius 3 is 2.71 bits per heavy atom. The van der Waals surface area contributed by atoms with E-state index in [4.69, 9.17) is 9.52 Å². The molecule has 0 unspecified atom stereocenters. The molecular weight excluding hydrogens is 302 g/mol. The van der Waals surface area contributed by atoms with Crippen molar-refractivity contribution >= 4 is 22.0 Å². The van der Waals surface area contributed by atoms with E-state index < -0.39 is 33.1 Å². The standard InChI is InChI=1S/C12H15NO7S/c1-7-8(12(16)19-2)6-10(20-7)21(17,18)13-5-3-4-9(13)11(14)15/h6,9H,3-5H2,1-2H3,(H,14,15)/t9-/m0/s1. The van der Waals surface area contributed by atoms with Crippen LogP contribution in [0.25, 0.3) is 0 Å². The predicted octanol–water partition coefficient (Wildman–Crippen LogP) is 0.612. The van der Waals surface area contributed by atoms with Crippen LogP contribution in [0.5, 0.6) is 0 Å². The highest BCUT2D eigenvalue weighted by atomic mass is 32.2. The van der Waals surface area contributed by atoms with Crippen molar-refractivity contribution in [3.8, 4) is 0 Å². The molecule has 1 fully saturated rings. The van der Waals surface area contributed by atoms with Crippen molar-refractivity contribution in [2.24, 2.45) is 0 Å². The van der Waals surface area contributed by atoms with Crippen LogP contribution in [0.15, 0.2) is 15.6 Å². The van der Waals surface area contributed by atoms with E-state index in [1.54, 1.807) is 0 Å². The van der Waals surface area contributed by atoms with Gasteiger partial charge in [0.2, 0.25) is 5.09 Å². The quantitative estimate of drug-likeness (QED) is 0.809. The molecule has 1 aliphatic rings. The maximum absolute atomic E-state index is 12.4. The normalized spacial score (nSPS) is 19.6. The Balaban J connectivity index is 2.41. The molecule has 0 spiro atoms. The molecular formula is C12H15NO7S. The molecule has 1 saturated heterocycles. The Bertz CT molecular complexity index is 676. The molecule has 1 aromatic rings. The molecule has 1 aliphatic heterocycles. The highest BCUT2D eigenvalue weighted by Crippen LogP contribution is 2.29. The Labute approximate surface area is 121 Å². The van der Waals surface area contributed by atoms with Crippen molar-refractivity contribution in [3.63, 3.8) is 0 Å². The summed E-state index contributed by atoms with van der Waals surface area (Å²) in [4.78, 5) is 22.6. The first-order valence-corrected chi connectivity index (χ1v) is 7.66. The van der Waals surface area contributed by atoms with Crippen molar-refractivity contribution in [3.05, 3.63) is 17.4 Å². The number of carbonyl (C=O) groups excluding carboxylic acids is 1. The molecule has 8 nitrogen and oxygen atoms in total. The van der Waals surface area contributed by atoms with E-state index >= 15 is 0 Å². The number of ether oxygens (including phenoxy) is 1. The first-order chi connectivity index (χ1) is 9.78. The number of carboxylic acid groups (broad SMARTS) is 1. The molecule has 2 heterocycles. The monoisotopic (exact) mass is 317 g/mol. The summed E-state index contributed by atoms with van der Waals surface area (Å²) in [6.45, 7) is 1.54. The average Bonchev–Trinajstić information content (AvgIpc) is 3.04. The first-order valence-electron chi connectivity index (χ1n) is 6.22. The van der Waals surface area contributed by atoms with Gasteiger partial charge in [0.25, 0.3) is 10.0 Å². The topological polar surface area (TPSA) is 114 Å². The molecule has 1 aromatic heterocycles. The fourth-order valence-corrected chi connectivity index (χ4v) is 3.91. The van der Waals surface area contributed by atoms with Crippen LogP contribution in [0.3, 0.4) is 0 Å². The predicted molar refractivity (Wildman–Crippen MR) is 69.3 cm³/mol.